The zero-order valence-corrected chi connectivity index (χ0v) is 10.4. The summed E-state index contributed by atoms with van der Waals surface area (Å²) in [5.41, 5.74) is 5.32. The van der Waals surface area contributed by atoms with Gasteiger partial charge in [-0.1, -0.05) is 41.6 Å². The van der Waals surface area contributed by atoms with E-state index >= 15 is 0 Å². The van der Waals surface area contributed by atoms with Crippen molar-refractivity contribution in [2.75, 3.05) is 6.61 Å². The van der Waals surface area contributed by atoms with E-state index in [9.17, 15) is 5.11 Å². The van der Waals surface area contributed by atoms with Crippen LogP contribution < -0.4 is 10.5 Å². The number of amidine groups is 1. The Bertz CT molecular complexity index is 578. The van der Waals surface area contributed by atoms with Gasteiger partial charge in [-0.05, 0) is 11.5 Å². The highest BCUT2D eigenvalue weighted by molar-refractivity contribution is 5.88. The number of hydrogen-bond donors (Lipinski definition) is 3. The van der Waals surface area contributed by atoms with Crippen molar-refractivity contribution >= 4 is 16.6 Å². The van der Waals surface area contributed by atoms with Crippen LogP contribution in [-0.4, -0.2) is 28.9 Å². The van der Waals surface area contributed by atoms with Gasteiger partial charge in [0.1, 0.15) is 18.2 Å². The molecule has 0 aromatic heterocycles. The molecule has 0 radical (unpaired) electrons. The van der Waals surface area contributed by atoms with E-state index in [1.807, 2.05) is 42.5 Å². The lowest BCUT2D eigenvalue weighted by molar-refractivity contribution is 0.113. The van der Waals surface area contributed by atoms with Crippen LogP contribution in [0, 0.1) is 0 Å². The Labute approximate surface area is 110 Å². The maximum Gasteiger partial charge on any atom is 0.141 e. The molecule has 0 saturated carbocycles. The van der Waals surface area contributed by atoms with Crippen molar-refractivity contribution in [3.63, 3.8) is 0 Å². The molecule has 0 unspecified atom stereocenters. The second-order valence-electron chi connectivity index (χ2n) is 4.24. The van der Waals surface area contributed by atoms with Crippen LogP contribution in [0.3, 0.4) is 0 Å². The van der Waals surface area contributed by atoms with E-state index in [4.69, 9.17) is 15.7 Å². The zero-order valence-electron chi connectivity index (χ0n) is 10.4. The zero-order chi connectivity index (χ0) is 13.7. The molecule has 0 aliphatic heterocycles. The van der Waals surface area contributed by atoms with Gasteiger partial charge in [-0.2, -0.15) is 0 Å². The molecule has 100 valence electrons. The molecule has 1 atom stereocenters. The molecule has 5 heteroatoms. The van der Waals surface area contributed by atoms with Gasteiger partial charge in [0.05, 0.1) is 6.10 Å². The van der Waals surface area contributed by atoms with Gasteiger partial charge in [-0.25, -0.2) is 0 Å². The van der Waals surface area contributed by atoms with Crippen LogP contribution in [0.15, 0.2) is 47.6 Å². The van der Waals surface area contributed by atoms with Gasteiger partial charge in [0.2, 0.25) is 0 Å². The Morgan fingerprint density at radius 3 is 2.74 bits per heavy atom. The number of aliphatic hydroxyl groups is 1. The van der Waals surface area contributed by atoms with Crippen molar-refractivity contribution in [3.8, 4) is 5.75 Å². The summed E-state index contributed by atoms with van der Waals surface area (Å²) in [6.07, 6.45) is -0.740. The molecule has 0 amide bonds. The summed E-state index contributed by atoms with van der Waals surface area (Å²) >= 11 is 0. The lowest BCUT2D eigenvalue weighted by atomic mass is 10.1. The minimum atomic E-state index is -0.810. The lowest BCUT2D eigenvalue weighted by Crippen LogP contribution is -2.25. The van der Waals surface area contributed by atoms with Crippen molar-refractivity contribution in [1.29, 1.82) is 0 Å². The highest BCUT2D eigenvalue weighted by Crippen LogP contribution is 2.25. The van der Waals surface area contributed by atoms with Crippen molar-refractivity contribution in [3.05, 3.63) is 42.5 Å². The lowest BCUT2D eigenvalue weighted by Gasteiger charge is -2.13. The number of ether oxygens (including phenoxy) is 1. The number of hydrogen-bond acceptors (Lipinski definition) is 4. The van der Waals surface area contributed by atoms with E-state index < -0.39 is 6.10 Å². The number of nitrogens with two attached hydrogens (primary N) is 1. The van der Waals surface area contributed by atoms with Gasteiger partial charge in [0.25, 0.3) is 0 Å². The molecule has 0 heterocycles. The molecule has 0 aliphatic carbocycles. The molecule has 0 aliphatic rings. The molecular formula is C14H16N2O3. The Hall–Kier alpha value is -2.27. The highest BCUT2D eigenvalue weighted by Gasteiger charge is 2.09. The van der Waals surface area contributed by atoms with Crippen molar-refractivity contribution < 1.29 is 15.1 Å². The molecule has 0 fully saturated rings. The Morgan fingerprint density at radius 1 is 1.21 bits per heavy atom. The summed E-state index contributed by atoms with van der Waals surface area (Å²) in [5, 5.41) is 23.0. The summed E-state index contributed by atoms with van der Waals surface area (Å²) in [6.45, 7) is 0.0875. The molecule has 0 spiro atoms. The van der Waals surface area contributed by atoms with Gasteiger partial charge in [0, 0.05) is 11.8 Å². The SMILES string of the molecule is NC(C[C@@H](O)COc1cccc2ccccc12)=NO. The topological polar surface area (TPSA) is 88.1 Å². The average Bonchev–Trinajstić information content (AvgIpc) is 2.44. The molecule has 2 rings (SSSR count). The molecule has 19 heavy (non-hydrogen) atoms. The average molecular weight is 260 g/mol. The molecule has 0 saturated heterocycles. The van der Waals surface area contributed by atoms with Crippen LogP contribution in [0.4, 0.5) is 0 Å². The van der Waals surface area contributed by atoms with Crippen LogP contribution in [-0.2, 0) is 0 Å². The van der Waals surface area contributed by atoms with Crippen molar-refractivity contribution in [2.24, 2.45) is 10.9 Å². The molecule has 5 nitrogen and oxygen atoms in total. The maximum absolute atomic E-state index is 9.69. The fourth-order valence-corrected chi connectivity index (χ4v) is 1.85. The van der Waals surface area contributed by atoms with Crippen LogP contribution in [0.5, 0.6) is 5.75 Å². The number of aliphatic hydroxyl groups excluding tert-OH is 1. The molecule has 0 bridgehead atoms. The van der Waals surface area contributed by atoms with E-state index in [-0.39, 0.29) is 18.9 Å². The number of fused-ring (bicyclic) bond motifs is 1. The molecule has 2 aromatic rings. The smallest absolute Gasteiger partial charge is 0.141 e. The van der Waals surface area contributed by atoms with E-state index in [1.165, 1.54) is 0 Å². The van der Waals surface area contributed by atoms with Crippen LogP contribution >= 0.6 is 0 Å². The minimum absolute atomic E-state index is 0.0194. The monoisotopic (exact) mass is 260 g/mol. The number of rotatable bonds is 5. The second-order valence-corrected chi connectivity index (χ2v) is 4.24. The van der Waals surface area contributed by atoms with Crippen LogP contribution in [0.2, 0.25) is 0 Å². The summed E-state index contributed by atoms with van der Waals surface area (Å²) in [5.74, 6) is 0.686. The van der Waals surface area contributed by atoms with Gasteiger partial charge < -0.3 is 20.8 Å². The Morgan fingerprint density at radius 2 is 1.95 bits per heavy atom. The van der Waals surface area contributed by atoms with E-state index in [1.54, 1.807) is 0 Å². The van der Waals surface area contributed by atoms with E-state index in [0.29, 0.717) is 5.75 Å². The quantitative estimate of drug-likeness (QED) is 0.330. The van der Waals surface area contributed by atoms with Crippen molar-refractivity contribution in [1.82, 2.24) is 0 Å². The Kier molecular flexibility index (Phi) is 4.20. The van der Waals surface area contributed by atoms with Gasteiger partial charge >= 0.3 is 0 Å². The first-order valence-corrected chi connectivity index (χ1v) is 5.95. The summed E-state index contributed by atoms with van der Waals surface area (Å²) in [6, 6.07) is 13.6. The van der Waals surface area contributed by atoms with E-state index in [0.717, 1.165) is 10.8 Å². The first-order chi connectivity index (χ1) is 9.20. The fraction of sp³-hybridized carbons (Fsp3) is 0.214. The summed E-state index contributed by atoms with van der Waals surface area (Å²) in [4.78, 5) is 0. The molecule has 2 aromatic carbocycles. The molecule has 4 N–H and O–H groups in total. The first kappa shape index (κ1) is 13.2. The Balaban J connectivity index is 2.06. The first-order valence-electron chi connectivity index (χ1n) is 5.95. The largest absolute Gasteiger partial charge is 0.490 e. The predicted octanol–water partition coefficient (Wildman–Crippen LogP) is 1.72. The van der Waals surface area contributed by atoms with E-state index in [2.05, 4.69) is 5.16 Å². The summed E-state index contributed by atoms with van der Waals surface area (Å²) in [7, 11) is 0. The van der Waals surface area contributed by atoms with Crippen LogP contribution in [0.1, 0.15) is 6.42 Å². The highest BCUT2D eigenvalue weighted by atomic mass is 16.5. The molecular weight excluding hydrogens is 244 g/mol. The standard InChI is InChI=1S/C14H16N2O3/c15-14(16-18)8-11(17)9-19-13-7-3-5-10-4-1-2-6-12(10)13/h1-7,11,17-18H,8-9H2,(H2,15,16)/t11-/m1/s1. The summed E-state index contributed by atoms with van der Waals surface area (Å²) < 4.78 is 5.58. The minimum Gasteiger partial charge on any atom is -0.490 e. The number of benzene rings is 2. The maximum atomic E-state index is 9.69. The number of oxime groups is 1. The third kappa shape index (κ3) is 3.35. The third-order valence-corrected chi connectivity index (χ3v) is 2.75. The van der Waals surface area contributed by atoms with Crippen LogP contribution in [0.25, 0.3) is 10.8 Å². The van der Waals surface area contributed by atoms with Gasteiger partial charge in [0.15, 0.2) is 0 Å². The number of nitrogens with zero attached hydrogens (tertiary/aromatic N) is 1. The fourth-order valence-electron chi connectivity index (χ4n) is 1.85. The third-order valence-electron chi connectivity index (χ3n) is 2.75. The van der Waals surface area contributed by atoms with Crippen molar-refractivity contribution in [2.45, 2.75) is 12.5 Å². The predicted molar refractivity (Wildman–Crippen MR) is 73.5 cm³/mol. The normalized spacial score (nSPS) is 13.4. The van der Waals surface area contributed by atoms with Gasteiger partial charge in [-0.3, -0.25) is 0 Å². The van der Waals surface area contributed by atoms with Gasteiger partial charge in [-0.15, -0.1) is 0 Å². The second kappa shape index (κ2) is 6.06.